The van der Waals surface area contributed by atoms with E-state index in [4.69, 9.17) is 4.98 Å². The number of benzene rings is 5. The van der Waals surface area contributed by atoms with Crippen molar-refractivity contribution in [3.8, 4) is 17.1 Å². The van der Waals surface area contributed by atoms with E-state index in [1.807, 2.05) is 11.3 Å². The van der Waals surface area contributed by atoms with Gasteiger partial charge < -0.3 is 0 Å². The second kappa shape index (κ2) is 10.5. The lowest BCUT2D eigenvalue weighted by Gasteiger charge is -2.19. The third-order valence-electron chi connectivity index (χ3n) is 9.89. The smallest absolute Gasteiger partial charge is 0.254 e. The first kappa shape index (κ1) is 28.9. The second-order valence-electron chi connectivity index (χ2n) is 13.6. The maximum absolute atomic E-state index is 5.03. The van der Waals surface area contributed by atoms with Crippen LogP contribution in [0.5, 0.6) is 0 Å². The highest BCUT2D eigenvalue weighted by atomic mass is 32.1. The van der Waals surface area contributed by atoms with E-state index in [1.54, 1.807) is 0 Å². The highest BCUT2D eigenvalue weighted by Gasteiger charge is 2.34. The van der Waals surface area contributed by atoms with Gasteiger partial charge in [0.25, 0.3) is 5.82 Å². The molecule has 3 heterocycles. The zero-order valence-corrected chi connectivity index (χ0v) is 28.8. The number of thiophene rings is 1. The Bertz CT molecular complexity index is 2500. The van der Waals surface area contributed by atoms with Crippen LogP contribution in [0.3, 0.4) is 0 Å². The average Bonchev–Trinajstić information content (AvgIpc) is 3.53. The number of pyridine rings is 1. The lowest BCUT2D eigenvalue weighted by molar-refractivity contribution is -0.557. The van der Waals surface area contributed by atoms with Gasteiger partial charge in [-0.25, -0.2) is 4.57 Å². The van der Waals surface area contributed by atoms with Gasteiger partial charge in [0.15, 0.2) is 5.52 Å². The molecule has 0 spiro atoms. The molecule has 0 saturated heterocycles. The van der Waals surface area contributed by atoms with Crippen LogP contribution in [0.4, 0.5) is 0 Å². The van der Waals surface area contributed by atoms with Crippen LogP contribution in [-0.2, 0) is 7.05 Å². The van der Waals surface area contributed by atoms with E-state index in [-0.39, 0.29) is 0 Å². The summed E-state index contributed by atoms with van der Waals surface area (Å²) < 4.78 is 7.66. The highest BCUT2D eigenvalue weighted by Crippen LogP contribution is 2.44. The van der Waals surface area contributed by atoms with Crippen LogP contribution < -0.4 is 4.57 Å². The van der Waals surface area contributed by atoms with Gasteiger partial charge in [-0.15, -0.1) is 11.3 Å². The minimum Gasteiger partial charge on any atom is -0.254 e. The maximum atomic E-state index is 5.03. The normalized spacial score (nSPS) is 12.3. The van der Waals surface area contributed by atoms with Gasteiger partial charge in [-0.3, -0.25) is 4.98 Å². The fourth-order valence-electron chi connectivity index (χ4n) is 7.69. The number of aromatic nitrogens is 3. The van der Waals surface area contributed by atoms with Crippen molar-refractivity contribution in [1.82, 2.24) is 9.55 Å². The lowest BCUT2D eigenvalue weighted by atomic mass is 9.92. The molecule has 0 bridgehead atoms. The molecular weight excluding hydrogens is 579 g/mol. The van der Waals surface area contributed by atoms with Gasteiger partial charge in [0.1, 0.15) is 5.69 Å². The van der Waals surface area contributed by atoms with Crippen LogP contribution in [0, 0.1) is 20.8 Å². The molecule has 4 heteroatoms. The summed E-state index contributed by atoms with van der Waals surface area (Å²) in [5.74, 6) is 1.95. The summed E-state index contributed by atoms with van der Waals surface area (Å²) in [5, 5.41) is 7.85. The summed E-state index contributed by atoms with van der Waals surface area (Å²) in [4.78, 5) is 5.03. The predicted octanol–water partition coefficient (Wildman–Crippen LogP) is 11.4. The lowest BCUT2D eigenvalue weighted by Crippen LogP contribution is -2.37. The summed E-state index contributed by atoms with van der Waals surface area (Å²) in [7, 11) is 2.24. The Morgan fingerprint density at radius 3 is 2.15 bits per heavy atom. The molecule has 0 amide bonds. The second-order valence-corrected chi connectivity index (χ2v) is 14.7. The molecule has 8 aromatic rings. The molecule has 0 fully saturated rings. The Balaban J connectivity index is 1.55. The third kappa shape index (κ3) is 4.16. The Morgan fingerprint density at radius 2 is 1.41 bits per heavy atom. The Kier molecular flexibility index (Phi) is 6.60. The van der Waals surface area contributed by atoms with Crippen molar-refractivity contribution in [3.63, 3.8) is 0 Å². The van der Waals surface area contributed by atoms with Crippen molar-refractivity contribution in [3.05, 3.63) is 113 Å². The van der Waals surface area contributed by atoms with E-state index >= 15 is 0 Å². The van der Waals surface area contributed by atoms with Crippen LogP contribution in [0.2, 0.25) is 0 Å². The largest absolute Gasteiger partial charge is 0.296 e. The van der Waals surface area contributed by atoms with Crippen molar-refractivity contribution < 1.29 is 4.57 Å². The van der Waals surface area contributed by atoms with Crippen molar-refractivity contribution in [2.24, 2.45) is 7.05 Å². The molecule has 0 aliphatic carbocycles. The van der Waals surface area contributed by atoms with E-state index in [1.165, 1.54) is 86.5 Å². The summed E-state index contributed by atoms with van der Waals surface area (Å²) in [6.45, 7) is 15.8. The molecule has 0 saturated carbocycles. The van der Waals surface area contributed by atoms with Crippen LogP contribution in [0.15, 0.2) is 84.9 Å². The van der Waals surface area contributed by atoms with Gasteiger partial charge in [0, 0.05) is 38.4 Å². The van der Waals surface area contributed by atoms with Crippen LogP contribution in [0.1, 0.15) is 67.6 Å². The number of fused-ring (bicyclic) bond motifs is 7. The van der Waals surface area contributed by atoms with E-state index < -0.39 is 0 Å². The molecule has 0 N–H and O–H groups in total. The molecule has 8 rings (SSSR count). The van der Waals surface area contributed by atoms with Crippen LogP contribution >= 0.6 is 11.3 Å². The summed E-state index contributed by atoms with van der Waals surface area (Å²) in [6.07, 6.45) is 0. The number of para-hydroxylation sites is 1. The average molecular weight is 619 g/mol. The molecule has 0 atom stereocenters. The molecule has 3 aromatic heterocycles. The minimum absolute atomic E-state index is 0.367. The molecule has 0 aliphatic rings. The van der Waals surface area contributed by atoms with Gasteiger partial charge in [-0.2, -0.15) is 4.57 Å². The predicted molar refractivity (Wildman–Crippen MR) is 198 cm³/mol. The van der Waals surface area contributed by atoms with Gasteiger partial charge in [0.05, 0.1) is 23.0 Å². The van der Waals surface area contributed by atoms with Crippen molar-refractivity contribution >= 4 is 64.1 Å². The fourth-order valence-corrected chi connectivity index (χ4v) is 9.01. The first-order chi connectivity index (χ1) is 22.1. The fraction of sp³-hybridized carbons (Fsp3) is 0.238. The molecule has 0 unspecified atom stereocenters. The zero-order chi connectivity index (χ0) is 32.0. The van der Waals surface area contributed by atoms with Gasteiger partial charge in [0.2, 0.25) is 5.52 Å². The Hall–Kier alpha value is -4.54. The summed E-state index contributed by atoms with van der Waals surface area (Å²) >= 11 is 1.93. The van der Waals surface area contributed by atoms with E-state index in [9.17, 15) is 0 Å². The summed E-state index contributed by atoms with van der Waals surface area (Å²) in [5.41, 5.74) is 11.1. The van der Waals surface area contributed by atoms with E-state index in [0.717, 1.165) is 11.4 Å². The molecule has 5 aromatic carbocycles. The number of hydrogen-bond donors (Lipinski definition) is 0. The van der Waals surface area contributed by atoms with Gasteiger partial charge in [-0.05, 0) is 71.8 Å². The van der Waals surface area contributed by atoms with Crippen molar-refractivity contribution in [2.75, 3.05) is 0 Å². The monoisotopic (exact) mass is 618 g/mol. The summed E-state index contributed by atoms with van der Waals surface area (Å²) in [6, 6.07) is 31.9. The molecular formula is C42H40N3S+. The Labute approximate surface area is 274 Å². The van der Waals surface area contributed by atoms with Crippen LogP contribution in [-0.4, -0.2) is 9.55 Å². The number of hydrogen-bond acceptors (Lipinski definition) is 2. The number of rotatable bonds is 4. The van der Waals surface area contributed by atoms with Crippen LogP contribution in [0.25, 0.3) is 69.8 Å². The first-order valence-corrected chi connectivity index (χ1v) is 17.2. The highest BCUT2D eigenvalue weighted by molar-refractivity contribution is 7.26. The molecule has 0 radical (unpaired) electrons. The quantitative estimate of drug-likeness (QED) is 0.142. The Morgan fingerprint density at radius 1 is 0.696 bits per heavy atom. The molecule has 228 valence electrons. The minimum atomic E-state index is 0.367. The first-order valence-electron chi connectivity index (χ1n) is 16.4. The topological polar surface area (TPSA) is 21.7 Å². The third-order valence-corrected chi connectivity index (χ3v) is 11.1. The molecule has 3 nitrogen and oxygen atoms in total. The van der Waals surface area contributed by atoms with E-state index in [0.29, 0.717) is 11.8 Å². The standard InChI is InChI=1S/C42H40N3S/c1-23(2)30-14-11-15-31(24(3)4)40(30)45-39-27(7)43-26(6)20-36(39)44(8)42(45)38-25(5)16-19-33-35-21-29-18-17-28-12-9-10-13-32(28)34(29)22-37(35)46-41(33)38/h9-24H,1-8H3/q+1. The molecule has 0 aliphatic heterocycles. The van der Waals surface area contributed by atoms with Gasteiger partial charge >= 0.3 is 0 Å². The number of imidazole rings is 1. The number of nitrogens with zero attached hydrogens (tertiary/aromatic N) is 3. The zero-order valence-electron chi connectivity index (χ0n) is 28.0. The molecule has 46 heavy (non-hydrogen) atoms. The van der Waals surface area contributed by atoms with E-state index in [2.05, 4.69) is 150 Å². The van der Waals surface area contributed by atoms with Crippen molar-refractivity contribution in [2.45, 2.75) is 60.3 Å². The van der Waals surface area contributed by atoms with Crippen molar-refractivity contribution in [1.29, 1.82) is 0 Å². The number of aryl methyl sites for hydroxylation is 4. The van der Waals surface area contributed by atoms with Gasteiger partial charge in [-0.1, -0.05) is 94.4 Å². The maximum Gasteiger partial charge on any atom is 0.296 e. The SMILES string of the molecule is Cc1cc2c(c(C)n1)[n+](-c1c(C(C)C)cccc1C(C)C)c(-c1c(C)ccc3c1sc1cc4c(ccc5ccccc54)cc13)n2C.